The number of pyridine rings is 1. The van der Waals surface area contributed by atoms with Crippen LogP contribution < -0.4 is 10.9 Å². The summed E-state index contributed by atoms with van der Waals surface area (Å²) in [5.74, 6) is 0. The zero-order chi connectivity index (χ0) is 20.0. The van der Waals surface area contributed by atoms with E-state index in [1.54, 1.807) is 0 Å². The number of thiocarbonyl (C=S) groups is 1. The molecule has 2 aromatic rings. The third-order valence-corrected chi connectivity index (χ3v) is 5.15. The Labute approximate surface area is 167 Å². The fraction of sp³-hybridized carbons (Fsp3) is 0.524. The van der Waals surface area contributed by atoms with Crippen molar-refractivity contribution in [3.63, 3.8) is 0 Å². The summed E-state index contributed by atoms with van der Waals surface area (Å²) in [6, 6.07) is 6.17. The summed E-state index contributed by atoms with van der Waals surface area (Å²) >= 11 is 5.59. The molecule has 148 valence electrons. The maximum absolute atomic E-state index is 12.6. The number of benzene rings is 1. The van der Waals surface area contributed by atoms with E-state index in [2.05, 4.69) is 61.0 Å². The zero-order valence-corrected chi connectivity index (χ0v) is 18.0. The molecule has 6 heteroatoms. The first-order chi connectivity index (χ1) is 12.8. The highest BCUT2D eigenvalue weighted by Crippen LogP contribution is 2.18. The fourth-order valence-electron chi connectivity index (χ4n) is 3.02. The second kappa shape index (κ2) is 9.85. The van der Waals surface area contributed by atoms with E-state index in [-0.39, 0.29) is 5.56 Å². The van der Waals surface area contributed by atoms with Gasteiger partial charge in [-0.15, -0.1) is 0 Å². The number of aromatic amines is 1. The number of hydrogen-bond acceptors (Lipinski definition) is 3. The fourth-order valence-corrected chi connectivity index (χ4v) is 3.28. The number of nitrogens with one attached hydrogen (secondary N) is 2. The van der Waals surface area contributed by atoms with Crippen LogP contribution in [0, 0.1) is 13.8 Å². The summed E-state index contributed by atoms with van der Waals surface area (Å²) < 4.78 is 0. The minimum absolute atomic E-state index is 0.0401. The van der Waals surface area contributed by atoms with Gasteiger partial charge in [0, 0.05) is 24.2 Å². The molecule has 1 aromatic heterocycles. The summed E-state index contributed by atoms with van der Waals surface area (Å²) in [5, 5.41) is 5.08. The zero-order valence-electron chi connectivity index (χ0n) is 17.2. The predicted octanol–water partition coefficient (Wildman–Crippen LogP) is 3.18. The van der Waals surface area contributed by atoms with E-state index in [1.165, 1.54) is 11.1 Å². The monoisotopic (exact) mass is 388 g/mol. The van der Waals surface area contributed by atoms with E-state index in [9.17, 15) is 4.79 Å². The van der Waals surface area contributed by atoms with Gasteiger partial charge in [-0.3, -0.25) is 4.79 Å². The lowest BCUT2D eigenvalue weighted by Gasteiger charge is -2.26. The molecule has 5 nitrogen and oxygen atoms in total. The van der Waals surface area contributed by atoms with Gasteiger partial charge in [-0.05, 0) is 94.3 Å². The van der Waals surface area contributed by atoms with Gasteiger partial charge in [0.15, 0.2) is 5.11 Å². The van der Waals surface area contributed by atoms with Gasteiger partial charge in [-0.1, -0.05) is 6.92 Å². The molecule has 1 aromatic carbocycles. The first-order valence-electron chi connectivity index (χ1n) is 9.62. The number of aryl methyl sites for hydroxylation is 2. The molecule has 2 rings (SSSR count). The second-order valence-corrected chi connectivity index (χ2v) is 7.84. The summed E-state index contributed by atoms with van der Waals surface area (Å²) in [5.41, 5.74) is 4.00. The maximum Gasteiger partial charge on any atom is 0.253 e. The van der Waals surface area contributed by atoms with Crippen LogP contribution in [-0.4, -0.2) is 53.6 Å². The van der Waals surface area contributed by atoms with Crippen molar-refractivity contribution < 1.29 is 0 Å². The SMILES string of the molecule is CCCNC(=S)N(CCCN(C)C)Cc1cc2cc(C)c(C)cc2[nH]c1=O. The van der Waals surface area contributed by atoms with Gasteiger partial charge < -0.3 is 20.1 Å². The molecule has 0 aliphatic heterocycles. The highest BCUT2D eigenvalue weighted by molar-refractivity contribution is 7.80. The van der Waals surface area contributed by atoms with Crippen LogP contribution in [0.4, 0.5) is 0 Å². The minimum atomic E-state index is -0.0401. The van der Waals surface area contributed by atoms with Crippen molar-refractivity contribution in [3.05, 3.63) is 45.2 Å². The second-order valence-electron chi connectivity index (χ2n) is 7.46. The Kier molecular flexibility index (Phi) is 7.80. The molecular weight excluding hydrogens is 356 g/mol. The van der Waals surface area contributed by atoms with Crippen LogP contribution in [0.5, 0.6) is 0 Å². The Morgan fingerprint density at radius 2 is 1.85 bits per heavy atom. The highest BCUT2D eigenvalue weighted by Gasteiger charge is 2.13. The molecule has 1 heterocycles. The van der Waals surface area contributed by atoms with Gasteiger partial charge in [0.05, 0.1) is 6.54 Å². The normalized spacial score (nSPS) is 11.2. The number of hydrogen-bond donors (Lipinski definition) is 2. The lowest BCUT2D eigenvalue weighted by Crippen LogP contribution is -2.41. The van der Waals surface area contributed by atoms with Gasteiger partial charge in [0.2, 0.25) is 0 Å². The van der Waals surface area contributed by atoms with Crippen molar-refractivity contribution in [1.29, 1.82) is 0 Å². The Morgan fingerprint density at radius 3 is 2.52 bits per heavy atom. The van der Waals surface area contributed by atoms with Gasteiger partial charge in [-0.2, -0.15) is 0 Å². The van der Waals surface area contributed by atoms with E-state index in [4.69, 9.17) is 12.2 Å². The van der Waals surface area contributed by atoms with E-state index in [0.717, 1.165) is 54.1 Å². The molecule has 0 atom stereocenters. The third kappa shape index (κ3) is 6.04. The van der Waals surface area contributed by atoms with Crippen molar-refractivity contribution in [2.24, 2.45) is 0 Å². The van der Waals surface area contributed by atoms with Crippen molar-refractivity contribution in [1.82, 2.24) is 20.1 Å². The molecule has 0 radical (unpaired) electrons. The van der Waals surface area contributed by atoms with Crippen molar-refractivity contribution >= 4 is 28.2 Å². The quantitative estimate of drug-likeness (QED) is 0.680. The lowest BCUT2D eigenvalue weighted by molar-refractivity contribution is 0.340. The van der Waals surface area contributed by atoms with Crippen LogP contribution in [-0.2, 0) is 6.54 Å². The van der Waals surface area contributed by atoms with Crippen molar-refractivity contribution in [3.8, 4) is 0 Å². The van der Waals surface area contributed by atoms with E-state index in [0.29, 0.717) is 6.54 Å². The van der Waals surface area contributed by atoms with E-state index < -0.39 is 0 Å². The molecule has 0 aliphatic carbocycles. The number of rotatable bonds is 8. The van der Waals surface area contributed by atoms with E-state index in [1.807, 2.05) is 12.1 Å². The third-order valence-electron chi connectivity index (χ3n) is 4.74. The summed E-state index contributed by atoms with van der Waals surface area (Å²) in [4.78, 5) is 19.9. The number of aromatic nitrogens is 1. The predicted molar refractivity (Wildman–Crippen MR) is 119 cm³/mol. The molecular formula is C21H32N4OS. The van der Waals surface area contributed by atoms with Crippen molar-refractivity contribution in [2.45, 2.75) is 40.2 Å². The number of nitrogens with zero attached hydrogens (tertiary/aromatic N) is 2. The molecule has 0 aliphatic rings. The number of fused-ring (bicyclic) bond motifs is 1. The standard InChI is InChI=1S/C21H32N4OS/c1-6-8-22-21(27)25(10-7-9-24(4)5)14-18-13-17-11-15(2)16(3)12-19(17)23-20(18)26/h11-13H,6-10,14H2,1-5H3,(H,22,27)(H,23,26). The lowest BCUT2D eigenvalue weighted by atomic mass is 10.0. The van der Waals surface area contributed by atoms with Gasteiger partial charge in [0.25, 0.3) is 5.56 Å². The largest absolute Gasteiger partial charge is 0.363 e. The summed E-state index contributed by atoms with van der Waals surface area (Å²) in [6.45, 7) is 9.43. The molecule has 0 unspecified atom stereocenters. The van der Waals surface area contributed by atoms with Gasteiger partial charge in [0.1, 0.15) is 0 Å². The average Bonchev–Trinajstić information content (AvgIpc) is 2.60. The van der Waals surface area contributed by atoms with Crippen LogP contribution >= 0.6 is 12.2 Å². The smallest absolute Gasteiger partial charge is 0.253 e. The van der Waals surface area contributed by atoms with Crippen LogP contribution in [0.25, 0.3) is 10.9 Å². The molecule has 0 fully saturated rings. The van der Waals surface area contributed by atoms with Gasteiger partial charge in [-0.25, -0.2) is 0 Å². The van der Waals surface area contributed by atoms with Crippen LogP contribution in [0.3, 0.4) is 0 Å². The van der Waals surface area contributed by atoms with E-state index >= 15 is 0 Å². The maximum atomic E-state index is 12.6. The first-order valence-corrected chi connectivity index (χ1v) is 10.0. The molecule has 0 amide bonds. The Bertz CT molecular complexity index is 844. The topological polar surface area (TPSA) is 51.4 Å². The number of H-pyrrole nitrogens is 1. The molecule has 2 N–H and O–H groups in total. The van der Waals surface area contributed by atoms with Crippen molar-refractivity contribution in [2.75, 3.05) is 33.7 Å². The Hall–Kier alpha value is -1.92. The van der Waals surface area contributed by atoms with Gasteiger partial charge >= 0.3 is 0 Å². The first kappa shape index (κ1) is 21.4. The van der Waals surface area contributed by atoms with Crippen LogP contribution in [0.1, 0.15) is 36.5 Å². The summed E-state index contributed by atoms with van der Waals surface area (Å²) in [7, 11) is 4.13. The Balaban J connectivity index is 2.26. The molecule has 27 heavy (non-hydrogen) atoms. The average molecular weight is 389 g/mol. The minimum Gasteiger partial charge on any atom is -0.363 e. The molecule has 0 spiro atoms. The molecule has 0 bridgehead atoms. The highest BCUT2D eigenvalue weighted by atomic mass is 32.1. The Morgan fingerprint density at radius 1 is 1.15 bits per heavy atom. The van der Waals surface area contributed by atoms with Crippen LogP contribution in [0.15, 0.2) is 23.0 Å². The van der Waals surface area contributed by atoms with Crippen LogP contribution in [0.2, 0.25) is 0 Å². The summed E-state index contributed by atoms with van der Waals surface area (Å²) in [6.07, 6.45) is 2.01. The molecule has 0 saturated carbocycles. The molecule has 0 saturated heterocycles.